The summed E-state index contributed by atoms with van der Waals surface area (Å²) in [7, 11) is 0. The highest BCUT2D eigenvalue weighted by Crippen LogP contribution is 2.18. The third-order valence-corrected chi connectivity index (χ3v) is 2.51. The molecule has 0 saturated carbocycles. The first-order chi connectivity index (χ1) is 8.92. The first-order valence-corrected chi connectivity index (χ1v) is 6.09. The summed E-state index contributed by atoms with van der Waals surface area (Å²) >= 11 is 0. The van der Waals surface area contributed by atoms with Crippen molar-refractivity contribution in [1.82, 2.24) is 5.32 Å². The van der Waals surface area contributed by atoms with Crippen LogP contribution in [0, 0.1) is 0 Å². The lowest BCUT2D eigenvalue weighted by molar-refractivity contribution is -0.325. The van der Waals surface area contributed by atoms with Gasteiger partial charge in [0, 0.05) is 6.04 Å². The van der Waals surface area contributed by atoms with Gasteiger partial charge in [0.1, 0.15) is 12.4 Å². The molecule has 0 aliphatic carbocycles. The second kappa shape index (κ2) is 7.35. The van der Waals surface area contributed by atoms with Gasteiger partial charge in [0.2, 0.25) is 0 Å². The van der Waals surface area contributed by atoms with Crippen LogP contribution in [0.1, 0.15) is 25.5 Å². The predicted octanol–water partition coefficient (Wildman–Crippen LogP) is 3.27. The molecule has 6 heteroatoms. The van der Waals surface area contributed by atoms with Crippen molar-refractivity contribution in [2.45, 2.75) is 26.3 Å². The van der Waals surface area contributed by atoms with Gasteiger partial charge in [0.25, 0.3) is 0 Å². The Labute approximate surface area is 110 Å². The van der Waals surface area contributed by atoms with Crippen molar-refractivity contribution < 1.29 is 22.6 Å². The molecule has 1 atom stereocenters. The van der Waals surface area contributed by atoms with Crippen molar-refractivity contribution in [1.29, 1.82) is 0 Å². The normalized spacial score (nSPS) is 13.3. The van der Waals surface area contributed by atoms with Crippen molar-refractivity contribution >= 4 is 0 Å². The van der Waals surface area contributed by atoms with Crippen LogP contribution >= 0.6 is 0 Å². The fraction of sp³-hybridized carbons (Fsp3) is 0.538. The summed E-state index contributed by atoms with van der Waals surface area (Å²) in [6.07, 6.45) is -4.60. The fourth-order valence-electron chi connectivity index (χ4n) is 1.59. The molecular weight excluding hydrogens is 259 g/mol. The molecule has 0 aliphatic heterocycles. The molecule has 0 aliphatic rings. The smallest absolute Gasteiger partial charge is 0.491 e. The lowest BCUT2D eigenvalue weighted by atomic mass is 10.1. The highest BCUT2D eigenvalue weighted by atomic mass is 19.4. The summed E-state index contributed by atoms with van der Waals surface area (Å²) in [6, 6.07) is 7.46. The molecular formula is C13H18F3NO2. The molecule has 108 valence electrons. The van der Waals surface area contributed by atoms with E-state index in [1.165, 1.54) is 0 Å². The molecule has 0 saturated heterocycles. The van der Waals surface area contributed by atoms with Crippen molar-refractivity contribution in [2.75, 3.05) is 19.8 Å². The van der Waals surface area contributed by atoms with Crippen LogP contribution in [0.25, 0.3) is 0 Å². The van der Waals surface area contributed by atoms with E-state index in [9.17, 15) is 13.2 Å². The van der Waals surface area contributed by atoms with E-state index in [1.54, 1.807) is 12.1 Å². The van der Waals surface area contributed by atoms with Crippen LogP contribution in [0.15, 0.2) is 24.3 Å². The minimum atomic E-state index is -4.60. The summed E-state index contributed by atoms with van der Waals surface area (Å²) < 4.78 is 43.9. The third kappa shape index (κ3) is 6.45. The quantitative estimate of drug-likeness (QED) is 0.776. The number of alkyl halides is 3. The largest absolute Gasteiger partial charge is 0.522 e. The molecule has 0 amide bonds. The summed E-state index contributed by atoms with van der Waals surface area (Å²) in [5, 5.41) is 3.26. The van der Waals surface area contributed by atoms with E-state index >= 15 is 0 Å². The molecule has 0 bridgehead atoms. The van der Waals surface area contributed by atoms with Gasteiger partial charge in [0.05, 0.1) is 6.61 Å². The number of hydrogen-bond donors (Lipinski definition) is 1. The van der Waals surface area contributed by atoms with Crippen molar-refractivity contribution in [3.05, 3.63) is 29.8 Å². The number of nitrogens with one attached hydrogen (secondary N) is 1. The lowest BCUT2D eigenvalue weighted by Gasteiger charge is -2.13. The summed E-state index contributed by atoms with van der Waals surface area (Å²) in [4.78, 5) is 0. The second-order valence-electron chi connectivity index (χ2n) is 3.99. The highest BCUT2D eigenvalue weighted by Gasteiger charge is 2.28. The maximum Gasteiger partial charge on any atom is 0.522 e. The zero-order valence-electron chi connectivity index (χ0n) is 11.0. The predicted molar refractivity (Wildman–Crippen MR) is 66.0 cm³/mol. The minimum absolute atomic E-state index is 0.137. The highest BCUT2D eigenvalue weighted by molar-refractivity contribution is 5.28. The van der Waals surface area contributed by atoms with E-state index in [0.29, 0.717) is 5.75 Å². The van der Waals surface area contributed by atoms with Crippen molar-refractivity contribution in [3.8, 4) is 5.75 Å². The molecule has 1 unspecified atom stereocenters. The van der Waals surface area contributed by atoms with Gasteiger partial charge in [0.15, 0.2) is 0 Å². The van der Waals surface area contributed by atoms with Crippen LogP contribution in [0.4, 0.5) is 13.2 Å². The van der Waals surface area contributed by atoms with E-state index in [-0.39, 0.29) is 12.6 Å². The van der Waals surface area contributed by atoms with E-state index < -0.39 is 13.0 Å². The van der Waals surface area contributed by atoms with Gasteiger partial charge in [-0.05, 0) is 31.2 Å². The minimum Gasteiger partial charge on any atom is -0.491 e. The zero-order valence-corrected chi connectivity index (χ0v) is 11.0. The van der Waals surface area contributed by atoms with E-state index in [2.05, 4.69) is 10.1 Å². The lowest BCUT2D eigenvalue weighted by Crippen LogP contribution is -2.18. The molecule has 0 aromatic heterocycles. The number of hydrogen-bond acceptors (Lipinski definition) is 3. The molecule has 0 spiro atoms. The molecule has 1 N–H and O–H groups in total. The monoisotopic (exact) mass is 277 g/mol. The first kappa shape index (κ1) is 15.8. The number of halogens is 3. The number of benzene rings is 1. The van der Waals surface area contributed by atoms with Gasteiger partial charge in [-0.15, -0.1) is 13.2 Å². The Morgan fingerprint density at radius 1 is 1.16 bits per heavy atom. The summed E-state index contributed by atoms with van der Waals surface area (Å²) in [5.41, 5.74) is 1.10. The number of rotatable bonds is 7. The van der Waals surface area contributed by atoms with Gasteiger partial charge in [-0.3, -0.25) is 4.74 Å². The average Bonchev–Trinajstić information content (AvgIpc) is 2.34. The zero-order chi connectivity index (χ0) is 14.3. The second-order valence-corrected chi connectivity index (χ2v) is 3.99. The van der Waals surface area contributed by atoms with Crippen LogP contribution < -0.4 is 10.1 Å². The Kier molecular flexibility index (Phi) is 6.11. The van der Waals surface area contributed by atoms with Crippen molar-refractivity contribution in [2.24, 2.45) is 0 Å². The Morgan fingerprint density at radius 2 is 1.79 bits per heavy atom. The molecule has 0 radical (unpaired) electrons. The average molecular weight is 277 g/mol. The van der Waals surface area contributed by atoms with Crippen LogP contribution in [-0.2, 0) is 4.74 Å². The van der Waals surface area contributed by atoms with Gasteiger partial charge >= 0.3 is 6.36 Å². The molecule has 1 aromatic carbocycles. The van der Waals surface area contributed by atoms with Crippen molar-refractivity contribution in [3.63, 3.8) is 0 Å². The third-order valence-electron chi connectivity index (χ3n) is 2.51. The molecule has 1 rings (SSSR count). The van der Waals surface area contributed by atoms with Gasteiger partial charge in [-0.1, -0.05) is 19.1 Å². The van der Waals surface area contributed by atoms with Crippen LogP contribution in [0.5, 0.6) is 5.75 Å². The Balaban J connectivity index is 2.36. The maximum atomic E-state index is 11.7. The SMILES string of the molecule is CCNC(C)c1ccc(OCCOC(F)(F)F)cc1. The molecule has 19 heavy (non-hydrogen) atoms. The summed E-state index contributed by atoms with van der Waals surface area (Å²) in [5.74, 6) is 0.526. The molecule has 1 aromatic rings. The standard InChI is InChI=1S/C13H18F3NO2/c1-3-17-10(2)11-4-6-12(7-5-11)18-8-9-19-13(14,15)16/h4-7,10,17H,3,8-9H2,1-2H3. The van der Waals surface area contributed by atoms with E-state index in [1.807, 2.05) is 26.0 Å². The first-order valence-electron chi connectivity index (χ1n) is 6.09. The van der Waals surface area contributed by atoms with Crippen LogP contribution in [0.2, 0.25) is 0 Å². The van der Waals surface area contributed by atoms with E-state index in [0.717, 1.165) is 12.1 Å². The molecule has 0 heterocycles. The van der Waals surface area contributed by atoms with Gasteiger partial charge in [-0.25, -0.2) is 0 Å². The maximum absolute atomic E-state index is 11.7. The van der Waals surface area contributed by atoms with Crippen LogP contribution in [-0.4, -0.2) is 26.1 Å². The molecule has 0 fully saturated rings. The summed E-state index contributed by atoms with van der Waals surface area (Å²) in [6.45, 7) is 4.28. The molecule has 3 nitrogen and oxygen atoms in total. The Bertz CT molecular complexity index is 365. The fourth-order valence-corrected chi connectivity index (χ4v) is 1.59. The Hall–Kier alpha value is -1.27. The topological polar surface area (TPSA) is 30.5 Å². The number of ether oxygens (including phenoxy) is 2. The van der Waals surface area contributed by atoms with Crippen LogP contribution in [0.3, 0.4) is 0 Å². The van der Waals surface area contributed by atoms with E-state index in [4.69, 9.17) is 4.74 Å². The van der Waals surface area contributed by atoms with Gasteiger partial charge in [-0.2, -0.15) is 0 Å². The Morgan fingerprint density at radius 3 is 2.32 bits per heavy atom. The van der Waals surface area contributed by atoms with Gasteiger partial charge < -0.3 is 10.1 Å².